The van der Waals surface area contributed by atoms with Crippen molar-refractivity contribution in [3.05, 3.63) is 53.2 Å². The highest BCUT2D eigenvalue weighted by Gasteiger charge is 2.15. The molecular weight excluding hydrogens is 250 g/mol. The van der Waals surface area contributed by atoms with Gasteiger partial charge in [0.1, 0.15) is 0 Å². The van der Waals surface area contributed by atoms with Gasteiger partial charge in [0.05, 0.1) is 12.6 Å². The van der Waals surface area contributed by atoms with E-state index in [1.165, 1.54) is 12.7 Å². The van der Waals surface area contributed by atoms with Crippen molar-refractivity contribution in [1.29, 1.82) is 0 Å². The van der Waals surface area contributed by atoms with E-state index in [2.05, 4.69) is 24.0 Å². The molecule has 3 aromatic rings. The molecule has 0 atom stereocenters. The van der Waals surface area contributed by atoms with E-state index in [1.54, 1.807) is 0 Å². The predicted molar refractivity (Wildman–Crippen MR) is 80.1 cm³/mol. The molecule has 0 unspecified atom stereocenters. The fraction of sp³-hybridized carbons (Fsp3) is 0.176. The summed E-state index contributed by atoms with van der Waals surface area (Å²) in [5.74, 6) is -0.402. The second-order valence-electron chi connectivity index (χ2n) is 5.02. The van der Waals surface area contributed by atoms with Gasteiger partial charge in [-0.15, -0.1) is 0 Å². The Hall–Kier alpha value is -2.42. The standard InChI is InChI=1S/C17H15NO2/c1-10-4-6-12-13(8-10)14-9-11(2)5-7-15(14)18-16(12)17(19)20-3/h4-9H,1-3H3. The Balaban J connectivity index is 2.51. The van der Waals surface area contributed by atoms with Crippen LogP contribution < -0.4 is 0 Å². The number of fused-ring (bicyclic) bond motifs is 3. The summed E-state index contributed by atoms with van der Waals surface area (Å²) in [6.45, 7) is 4.09. The second kappa shape index (κ2) is 4.60. The highest BCUT2D eigenvalue weighted by atomic mass is 16.5. The van der Waals surface area contributed by atoms with Gasteiger partial charge in [-0.2, -0.15) is 0 Å². The summed E-state index contributed by atoms with van der Waals surface area (Å²) in [6, 6.07) is 12.1. The van der Waals surface area contributed by atoms with E-state index in [0.717, 1.165) is 27.2 Å². The lowest BCUT2D eigenvalue weighted by Gasteiger charge is -2.09. The molecule has 0 bridgehead atoms. The summed E-state index contributed by atoms with van der Waals surface area (Å²) in [5.41, 5.74) is 3.52. The lowest BCUT2D eigenvalue weighted by atomic mass is 10.0. The van der Waals surface area contributed by atoms with E-state index >= 15 is 0 Å². The Morgan fingerprint density at radius 2 is 1.60 bits per heavy atom. The summed E-state index contributed by atoms with van der Waals surface area (Å²) < 4.78 is 4.85. The number of carbonyl (C=O) groups is 1. The Morgan fingerprint density at radius 1 is 0.950 bits per heavy atom. The number of carbonyl (C=O) groups excluding carboxylic acids is 1. The molecule has 2 aromatic carbocycles. The first-order valence-electron chi connectivity index (χ1n) is 6.49. The molecule has 1 heterocycles. The molecule has 20 heavy (non-hydrogen) atoms. The van der Waals surface area contributed by atoms with Gasteiger partial charge in [-0.1, -0.05) is 35.4 Å². The molecule has 0 spiro atoms. The van der Waals surface area contributed by atoms with Gasteiger partial charge in [0.2, 0.25) is 0 Å². The van der Waals surface area contributed by atoms with Crippen molar-refractivity contribution in [1.82, 2.24) is 4.98 Å². The van der Waals surface area contributed by atoms with Crippen LogP contribution in [0.15, 0.2) is 36.4 Å². The number of aromatic nitrogens is 1. The number of aryl methyl sites for hydroxylation is 2. The number of pyridine rings is 1. The van der Waals surface area contributed by atoms with E-state index in [9.17, 15) is 4.79 Å². The van der Waals surface area contributed by atoms with Crippen LogP contribution in [0.5, 0.6) is 0 Å². The van der Waals surface area contributed by atoms with Crippen LogP contribution in [0, 0.1) is 13.8 Å². The van der Waals surface area contributed by atoms with E-state index in [4.69, 9.17) is 4.74 Å². The Kier molecular flexibility index (Phi) is 2.90. The molecule has 0 N–H and O–H groups in total. The zero-order chi connectivity index (χ0) is 14.3. The molecule has 3 nitrogen and oxygen atoms in total. The number of esters is 1. The first kappa shape index (κ1) is 12.6. The van der Waals surface area contributed by atoms with Gasteiger partial charge in [0.25, 0.3) is 0 Å². The van der Waals surface area contributed by atoms with Crippen molar-refractivity contribution in [2.24, 2.45) is 0 Å². The predicted octanol–water partition coefficient (Wildman–Crippen LogP) is 3.79. The lowest BCUT2D eigenvalue weighted by molar-refractivity contribution is 0.0597. The highest BCUT2D eigenvalue weighted by molar-refractivity contribution is 6.13. The molecular formula is C17H15NO2. The minimum absolute atomic E-state index is 0.374. The number of rotatable bonds is 1. The first-order valence-corrected chi connectivity index (χ1v) is 6.49. The Bertz CT molecular complexity index is 837. The van der Waals surface area contributed by atoms with Crippen LogP contribution in [-0.2, 0) is 4.74 Å². The van der Waals surface area contributed by atoms with Crippen molar-refractivity contribution in [2.75, 3.05) is 7.11 Å². The largest absolute Gasteiger partial charge is 0.464 e. The molecule has 0 fully saturated rings. The minimum atomic E-state index is -0.402. The van der Waals surface area contributed by atoms with Crippen LogP contribution in [0.2, 0.25) is 0 Å². The molecule has 0 radical (unpaired) electrons. The molecule has 1 aromatic heterocycles. The molecule has 0 aliphatic rings. The van der Waals surface area contributed by atoms with Gasteiger partial charge >= 0.3 is 5.97 Å². The summed E-state index contributed by atoms with van der Waals surface area (Å²) in [7, 11) is 1.38. The smallest absolute Gasteiger partial charge is 0.357 e. The number of hydrogen-bond donors (Lipinski definition) is 0. The van der Waals surface area contributed by atoms with Gasteiger partial charge in [0, 0.05) is 10.8 Å². The molecule has 100 valence electrons. The number of hydrogen-bond acceptors (Lipinski definition) is 3. The van der Waals surface area contributed by atoms with Gasteiger partial charge in [-0.05, 0) is 31.4 Å². The van der Waals surface area contributed by atoms with Crippen molar-refractivity contribution < 1.29 is 9.53 Å². The molecule has 3 rings (SSSR count). The zero-order valence-electron chi connectivity index (χ0n) is 11.7. The third kappa shape index (κ3) is 1.92. The summed E-state index contributed by atoms with van der Waals surface area (Å²) >= 11 is 0. The van der Waals surface area contributed by atoms with Crippen LogP contribution in [0.25, 0.3) is 21.7 Å². The summed E-state index contributed by atoms with van der Waals surface area (Å²) in [6.07, 6.45) is 0. The van der Waals surface area contributed by atoms with E-state index in [1.807, 2.05) is 31.2 Å². The number of methoxy groups -OCH3 is 1. The zero-order valence-corrected chi connectivity index (χ0v) is 11.7. The maximum atomic E-state index is 11.9. The molecule has 3 heteroatoms. The molecule has 0 saturated heterocycles. The molecule has 0 amide bonds. The van der Waals surface area contributed by atoms with Crippen molar-refractivity contribution in [2.45, 2.75) is 13.8 Å². The van der Waals surface area contributed by atoms with Crippen LogP contribution >= 0.6 is 0 Å². The third-order valence-electron chi connectivity index (χ3n) is 3.48. The van der Waals surface area contributed by atoms with Crippen LogP contribution in [0.1, 0.15) is 21.6 Å². The van der Waals surface area contributed by atoms with E-state index in [0.29, 0.717) is 5.69 Å². The van der Waals surface area contributed by atoms with Crippen molar-refractivity contribution >= 4 is 27.6 Å². The van der Waals surface area contributed by atoms with E-state index < -0.39 is 5.97 Å². The Labute approximate surface area is 117 Å². The fourth-order valence-electron chi connectivity index (χ4n) is 2.48. The Morgan fingerprint density at radius 3 is 2.30 bits per heavy atom. The number of benzene rings is 2. The maximum Gasteiger partial charge on any atom is 0.357 e. The van der Waals surface area contributed by atoms with Crippen molar-refractivity contribution in [3.8, 4) is 0 Å². The average molecular weight is 265 g/mol. The molecule has 0 aliphatic carbocycles. The first-order chi connectivity index (χ1) is 9.60. The summed E-state index contributed by atoms with van der Waals surface area (Å²) in [5, 5.41) is 2.94. The van der Waals surface area contributed by atoms with Gasteiger partial charge in [-0.25, -0.2) is 9.78 Å². The van der Waals surface area contributed by atoms with Crippen LogP contribution in [0.3, 0.4) is 0 Å². The van der Waals surface area contributed by atoms with Gasteiger partial charge in [0.15, 0.2) is 5.69 Å². The quantitative estimate of drug-likeness (QED) is 0.496. The van der Waals surface area contributed by atoms with Gasteiger partial charge < -0.3 is 4.74 Å². The van der Waals surface area contributed by atoms with Crippen LogP contribution in [-0.4, -0.2) is 18.1 Å². The van der Waals surface area contributed by atoms with Crippen molar-refractivity contribution in [3.63, 3.8) is 0 Å². The summed E-state index contributed by atoms with van der Waals surface area (Å²) in [4.78, 5) is 16.4. The third-order valence-corrected chi connectivity index (χ3v) is 3.48. The SMILES string of the molecule is COC(=O)c1nc2ccc(C)cc2c2cc(C)ccc12. The topological polar surface area (TPSA) is 39.2 Å². The minimum Gasteiger partial charge on any atom is -0.464 e. The van der Waals surface area contributed by atoms with Gasteiger partial charge in [-0.3, -0.25) is 0 Å². The molecule has 0 saturated carbocycles. The van der Waals surface area contributed by atoms with E-state index in [-0.39, 0.29) is 0 Å². The lowest BCUT2D eigenvalue weighted by Crippen LogP contribution is -2.05. The molecule has 0 aliphatic heterocycles. The number of ether oxygens (including phenoxy) is 1. The average Bonchev–Trinajstić information content (AvgIpc) is 2.45. The normalized spacial score (nSPS) is 10.9. The highest BCUT2D eigenvalue weighted by Crippen LogP contribution is 2.28. The second-order valence-corrected chi connectivity index (χ2v) is 5.02. The maximum absolute atomic E-state index is 11.9. The number of nitrogens with zero attached hydrogens (tertiary/aromatic N) is 1. The fourth-order valence-corrected chi connectivity index (χ4v) is 2.48. The monoisotopic (exact) mass is 265 g/mol. The van der Waals surface area contributed by atoms with Crippen LogP contribution in [0.4, 0.5) is 0 Å².